The fourth-order valence-corrected chi connectivity index (χ4v) is 1.30. The predicted molar refractivity (Wildman–Crippen MR) is 53.7 cm³/mol. The summed E-state index contributed by atoms with van der Waals surface area (Å²) < 4.78 is 10.3. The Morgan fingerprint density at radius 2 is 2.00 bits per heavy atom. The number of rotatable bonds is 3. The van der Waals surface area contributed by atoms with Crippen LogP contribution in [0.15, 0.2) is 17.3 Å². The molecule has 1 rings (SSSR count). The van der Waals surface area contributed by atoms with Crippen LogP contribution in [-0.2, 0) is 0 Å². The molecule has 0 fully saturated rings. The predicted octanol–water partition coefficient (Wildman–Crippen LogP) is 1.82. The standard InChI is InChI=1S/C10H13NO3/c1-7-8(6-11-12)4-5-9(13-2)10(7)14-3/h4-6,12H,1-3H3/b11-6+. The second-order valence-electron chi connectivity index (χ2n) is 2.76. The van der Waals surface area contributed by atoms with E-state index in [4.69, 9.17) is 14.7 Å². The van der Waals surface area contributed by atoms with Gasteiger partial charge >= 0.3 is 0 Å². The maximum Gasteiger partial charge on any atom is 0.164 e. The summed E-state index contributed by atoms with van der Waals surface area (Å²) in [6.07, 6.45) is 1.36. The second kappa shape index (κ2) is 4.50. The Bertz CT molecular complexity index is 347. The number of methoxy groups -OCH3 is 2. The van der Waals surface area contributed by atoms with Crippen LogP contribution < -0.4 is 9.47 Å². The van der Waals surface area contributed by atoms with Gasteiger partial charge in [0.2, 0.25) is 0 Å². The van der Waals surface area contributed by atoms with E-state index in [0.29, 0.717) is 11.5 Å². The summed E-state index contributed by atoms with van der Waals surface area (Å²) >= 11 is 0. The molecule has 1 N–H and O–H groups in total. The zero-order valence-corrected chi connectivity index (χ0v) is 8.44. The molecule has 0 saturated carbocycles. The Balaban J connectivity index is 3.27. The summed E-state index contributed by atoms with van der Waals surface area (Å²) in [5.74, 6) is 1.32. The molecular weight excluding hydrogens is 182 g/mol. The molecule has 0 aliphatic heterocycles. The molecule has 0 unspecified atom stereocenters. The minimum absolute atomic E-state index is 0.657. The van der Waals surface area contributed by atoms with Crippen LogP contribution >= 0.6 is 0 Å². The van der Waals surface area contributed by atoms with Crippen molar-refractivity contribution in [3.05, 3.63) is 23.3 Å². The third-order valence-corrected chi connectivity index (χ3v) is 2.03. The van der Waals surface area contributed by atoms with E-state index in [1.165, 1.54) is 6.21 Å². The van der Waals surface area contributed by atoms with Crippen LogP contribution in [0.5, 0.6) is 11.5 Å². The average molecular weight is 195 g/mol. The Morgan fingerprint density at radius 1 is 1.29 bits per heavy atom. The van der Waals surface area contributed by atoms with Crippen LogP contribution in [-0.4, -0.2) is 25.6 Å². The Hall–Kier alpha value is -1.71. The molecule has 1 aromatic rings. The molecule has 0 spiro atoms. The lowest BCUT2D eigenvalue weighted by molar-refractivity contribution is 0.321. The highest BCUT2D eigenvalue weighted by molar-refractivity contribution is 5.83. The van der Waals surface area contributed by atoms with E-state index in [-0.39, 0.29) is 0 Å². The zero-order chi connectivity index (χ0) is 10.6. The van der Waals surface area contributed by atoms with E-state index in [1.54, 1.807) is 26.4 Å². The first-order valence-corrected chi connectivity index (χ1v) is 4.13. The van der Waals surface area contributed by atoms with Gasteiger partial charge in [0.1, 0.15) is 0 Å². The average Bonchev–Trinajstić information content (AvgIpc) is 2.21. The fourth-order valence-electron chi connectivity index (χ4n) is 1.30. The second-order valence-corrected chi connectivity index (χ2v) is 2.76. The van der Waals surface area contributed by atoms with Gasteiger partial charge in [0.15, 0.2) is 11.5 Å². The van der Waals surface area contributed by atoms with Crippen molar-refractivity contribution in [1.29, 1.82) is 0 Å². The van der Waals surface area contributed by atoms with Crippen LogP contribution in [0.4, 0.5) is 0 Å². The van der Waals surface area contributed by atoms with Gasteiger partial charge in [0, 0.05) is 11.1 Å². The van der Waals surface area contributed by atoms with Crippen molar-refractivity contribution in [2.75, 3.05) is 14.2 Å². The van der Waals surface area contributed by atoms with Crippen LogP contribution in [0.1, 0.15) is 11.1 Å². The third kappa shape index (κ3) is 1.79. The molecule has 14 heavy (non-hydrogen) atoms. The van der Waals surface area contributed by atoms with E-state index in [2.05, 4.69) is 5.16 Å². The first kappa shape index (κ1) is 10.4. The molecule has 0 amide bonds. The van der Waals surface area contributed by atoms with Gasteiger partial charge in [-0.2, -0.15) is 0 Å². The van der Waals surface area contributed by atoms with E-state index in [1.807, 2.05) is 6.92 Å². The van der Waals surface area contributed by atoms with Crippen molar-refractivity contribution in [2.45, 2.75) is 6.92 Å². The summed E-state index contributed by atoms with van der Waals surface area (Å²) in [7, 11) is 3.15. The van der Waals surface area contributed by atoms with Gasteiger partial charge in [-0.1, -0.05) is 5.16 Å². The van der Waals surface area contributed by atoms with Crippen molar-refractivity contribution in [2.24, 2.45) is 5.16 Å². The highest BCUT2D eigenvalue weighted by Gasteiger charge is 2.09. The summed E-state index contributed by atoms with van der Waals surface area (Å²) in [5.41, 5.74) is 1.68. The third-order valence-electron chi connectivity index (χ3n) is 2.03. The minimum Gasteiger partial charge on any atom is -0.493 e. The van der Waals surface area contributed by atoms with Crippen LogP contribution in [0.2, 0.25) is 0 Å². The van der Waals surface area contributed by atoms with Gasteiger partial charge in [0.25, 0.3) is 0 Å². The van der Waals surface area contributed by atoms with Gasteiger partial charge in [-0.05, 0) is 19.1 Å². The molecule has 0 bridgehead atoms. The first-order chi connectivity index (χ1) is 6.74. The van der Waals surface area contributed by atoms with Crippen molar-refractivity contribution in [3.8, 4) is 11.5 Å². The van der Waals surface area contributed by atoms with E-state index in [0.717, 1.165) is 11.1 Å². The fraction of sp³-hybridized carbons (Fsp3) is 0.300. The lowest BCUT2D eigenvalue weighted by Crippen LogP contribution is -1.96. The molecule has 76 valence electrons. The normalized spacial score (nSPS) is 10.5. The lowest BCUT2D eigenvalue weighted by Gasteiger charge is -2.11. The van der Waals surface area contributed by atoms with Crippen LogP contribution in [0, 0.1) is 6.92 Å². The number of nitrogens with zero attached hydrogens (tertiary/aromatic N) is 1. The smallest absolute Gasteiger partial charge is 0.164 e. The maximum atomic E-state index is 8.43. The minimum atomic E-state index is 0.657. The molecule has 0 aliphatic carbocycles. The molecule has 4 nitrogen and oxygen atoms in total. The summed E-state index contributed by atoms with van der Waals surface area (Å²) in [5, 5.41) is 11.4. The van der Waals surface area contributed by atoms with Gasteiger partial charge in [0.05, 0.1) is 20.4 Å². The van der Waals surface area contributed by atoms with Gasteiger partial charge in [-0.25, -0.2) is 0 Å². The molecular formula is C10H13NO3. The largest absolute Gasteiger partial charge is 0.493 e. The van der Waals surface area contributed by atoms with Crippen molar-refractivity contribution in [3.63, 3.8) is 0 Å². The number of benzene rings is 1. The molecule has 0 saturated heterocycles. The SMILES string of the molecule is COc1ccc(/C=N/O)c(C)c1OC. The van der Waals surface area contributed by atoms with E-state index in [9.17, 15) is 0 Å². The van der Waals surface area contributed by atoms with E-state index < -0.39 is 0 Å². The monoisotopic (exact) mass is 195 g/mol. The molecule has 1 aromatic carbocycles. The molecule has 0 aromatic heterocycles. The van der Waals surface area contributed by atoms with Gasteiger partial charge in [-0.3, -0.25) is 0 Å². The summed E-state index contributed by atoms with van der Waals surface area (Å²) in [6, 6.07) is 3.57. The van der Waals surface area contributed by atoms with Gasteiger partial charge in [-0.15, -0.1) is 0 Å². The number of oxime groups is 1. The molecule has 0 atom stereocenters. The summed E-state index contributed by atoms with van der Waals surface area (Å²) in [6.45, 7) is 1.87. The summed E-state index contributed by atoms with van der Waals surface area (Å²) in [4.78, 5) is 0. The topological polar surface area (TPSA) is 51.0 Å². The molecule has 0 heterocycles. The Labute approximate surface area is 82.8 Å². The van der Waals surface area contributed by atoms with Crippen LogP contribution in [0.25, 0.3) is 0 Å². The van der Waals surface area contributed by atoms with Gasteiger partial charge < -0.3 is 14.7 Å². The number of ether oxygens (including phenoxy) is 2. The highest BCUT2D eigenvalue weighted by atomic mass is 16.5. The van der Waals surface area contributed by atoms with Crippen LogP contribution in [0.3, 0.4) is 0 Å². The maximum absolute atomic E-state index is 8.43. The van der Waals surface area contributed by atoms with Crippen molar-refractivity contribution >= 4 is 6.21 Å². The Morgan fingerprint density at radius 3 is 2.50 bits per heavy atom. The van der Waals surface area contributed by atoms with Crippen molar-refractivity contribution < 1.29 is 14.7 Å². The zero-order valence-electron chi connectivity index (χ0n) is 8.44. The molecule has 0 radical (unpaired) electrons. The van der Waals surface area contributed by atoms with Crippen molar-refractivity contribution in [1.82, 2.24) is 0 Å². The number of hydrogen-bond donors (Lipinski definition) is 1. The molecule has 4 heteroatoms. The van der Waals surface area contributed by atoms with E-state index >= 15 is 0 Å². The number of hydrogen-bond acceptors (Lipinski definition) is 4. The molecule has 0 aliphatic rings. The quantitative estimate of drug-likeness (QED) is 0.454. The highest BCUT2D eigenvalue weighted by Crippen LogP contribution is 2.31. The Kier molecular flexibility index (Phi) is 3.34. The first-order valence-electron chi connectivity index (χ1n) is 4.13. The lowest BCUT2D eigenvalue weighted by atomic mass is 10.1.